The molecule has 0 amide bonds. The highest BCUT2D eigenvalue weighted by atomic mass is 16.3. The zero-order valence-electron chi connectivity index (χ0n) is 11.0. The normalized spacial score (nSPS) is 20.2. The molecule has 1 aliphatic carbocycles. The summed E-state index contributed by atoms with van der Waals surface area (Å²) in [7, 11) is 0. The van der Waals surface area contributed by atoms with Gasteiger partial charge in [-0.25, -0.2) is 0 Å². The lowest BCUT2D eigenvalue weighted by Crippen LogP contribution is -2.44. The monoisotopic (exact) mass is 228 g/mol. The van der Waals surface area contributed by atoms with Crippen molar-refractivity contribution < 1.29 is 5.11 Å². The van der Waals surface area contributed by atoms with Gasteiger partial charge in [-0.2, -0.15) is 0 Å². The van der Waals surface area contributed by atoms with Crippen molar-refractivity contribution in [3.05, 3.63) is 0 Å². The van der Waals surface area contributed by atoms with Gasteiger partial charge in [0, 0.05) is 19.6 Å². The van der Waals surface area contributed by atoms with E-state index in [4.69, 9.17) is 0 Å². The number of aliphatic hydroxyl groups is 1. The summed E-state index contributed by atoms with van der Waals surface area (Å²) in [5.74, 6) is 0. The molecular weight excluding hydrogens is 200 g/mol. The molecule has 0 spiro atoms. The Morgan fingerprint density at radius 3 is 2.31 bits per heavy atom. The van der Waals surface area contributed by atoms with Crippen molar-refractivity contribution in [1.82, 2.24) is 10.2 Å². The van der Waals surface area contributed by atoms with E-state index in [1.807, 2.05) is 0 Å². The first-order valence-electron chi connectivity index (χ1n) is 6.85. The Labute approximate surface area is 100 Å². The van der Waals surface area contributed by atoms with Gasteiger partial charge in [-0.1, -0.05) is 33.1 Å². The molecular formula is C13H28N2O. The van der Waals surface area contributed by atoms with Crippen molar-refractivity contribution in [2.24, 2.45) is 0 Å². The number of hydrogen-bond donors (Lipinski definition) is 2. The predicted molar refractivity (Wildman–Crippen MR) is 68.7 cm³/mol. The molecule has 0 unspecified atom stereocenters. The lowest BCUT2D eigenvalue weighted by molar-refractivity contribution is 0.00472. The van der Waals surface area contributed by atoms with Crippen LogP contribution in [0.2, 0.25) is 0 Å². The topological polar surface area (TPSA) is 35.5 Å². The molecule has 0 aliphatic heterocycles. The van der Waals surface area contributed by atoms with E-state index in [-0.39, 0.29) is 0 Å². The van der Waals surface area contributed by atoms with Crippen LogP contribution in [0, 0.1) is 0 Å². The first kappa shape index (κ1) is 13.9. The molecule has 1 aliphatic rings. The van der Waals surface area contributed by atoms with Crippen LogP contribution in [0.4, 0.5) is 0 Å². The SMILES string of the molecule is CCN(CC)CCNCC1(O)CCCCC1. The molecule has 0 atom stereocenters. The summed E-state index contributed by atoms with van der Waals surface area (Å²) >= 11 is 0. The second kappa shape index (κ2) is 7.25. The molecule has 0 aromatic heterocycles. The van der Waals surface area contributed by atoms with Crippen molar-refractivity contribution in [1.29, 1.82) is 0 Å². The molecule has 16 heavy (non-hydrogen) atoms. The predicted octanol–water partition coefficient (Wildman–Crippen LogP) is 1.61. The first-order valence-corrected chi connectivity index (χ1v) is 6.85. The van der Waals surface area contributed by atoms with Crippen LogP contribution in [0.15, 0.2) is 0 Å². The van der Waals surface area contributed by atoms with Crippen molar-refractivity contribution in [2.45, 2.75) is 51.6 Å². The molecule has 0 aromatic rings. The fraction of sp³-hybridized carbons (Fsp3) is 1.00. The van der Waals surface area contributed by atoms with Crippen molar-refractivity contribution in [3.8, 4) is 0 Å². The Hall–Kier alpha value is -0.120. The molecule has 2 N–H and O–H groups in total. The fourth-order valence-electron chi connectivity index (χ4n) is 2.48. The maximum absolute atomic E-state index is 10.3. The van der Waals surface area contributed by atoms with E-state index < -0.39 is 5.60 Å². The van der Waals surface area contributed by atoms with Crippen LogP contribution in [0.5, 0.6) is 0 Å². The van der Waals surface area contributed by atoms with E-state index in [2.05, 4.69) is 24.1 Å². The zero-order valence-corrected chi connectivity index (χ0v) is 11.0. The Balaban J connectivity index is 2.09. The van der Waals surface area contributed by atoms with E-state index in [9.17, 15) is 5.11 Å². The highest BCUT2D eigenvalue weighted by Gasteiger charge is 2.28. The molecule has 0 bridgehead atoms. The average Bonchev–Trinajstić information content (AvgIpc) is 2.30. The molecule has 3 nitrogen and oxygen atoms in total. The number of nitrogens with one attached hydrogen (secondary N) is 1. The van der Waals surface area contributed by atoms with Gasteiger partial charge >= 0.3 is 0 Å². The third-order valence-corrected chi connectivity index (χ3v) is 3.74. The van der Waals surface area contributed by atoms with Crippen molar-refractivity contribution in [3.63, 3.8) is 0 Å². The Bertz CT molecular complexity index is 175. The smallest absolute Gasteiger partial charge is 0.0771 e. The Morgan fingerprint density at radius 2 is 1.75 bits per heavy atom. The lowest BCUT2D eigenvalue weighted by atomic mass is 9.85. The third-order valence-electron chi connectivity index (χ3n) is 3.74. The maximum atomic E-state index is 10.3. The average molecular weight is 228 g/mol. The molecule has 3 heteroatoms. The summed E-state index contributed by atoms with van der Waals surface area (Å²) in [5.41, 5.74) is -0.415. The Kier molecular flexibility index (Phi) is 6.32. The summed E-state index contributed by atoms with van der Waals surface area (Å²) in [5, 5.41) is 13.7. The van der Waals surface area contributed by atoms with E-state index in [0.717, 1.165) is 45.6 Å². The minimum Gasteiger partial charge on any atom is -0.389 e. The van der Waals surface area contributed by atoms with E-state index in [0.29, 0.717) is 0 Å². The minimum absolute atomic E-state index is 0.415. The van der Waals surface area contributed by atoms with Crippen LogP contribution in [0.25, 0.3) is 0 Å². The summed E-state index contributed by atoms with van der Waals surface area (Å²) in [4.78, 5) is 2.40. The van der Waals surface area contributed by atoms with Crippen LogP contribution in [-0.2, 0) is 0 Å². The van der Waals surface area contributed by atoms with Gasteiger partial charge in [0.25, 0.3) is 0 Å². The molecule has 0 heterocycles. The molecule has 0 aromatic carbocycles. The number of likely N-dealkylation sites (N-methyl/N-ethyl adjacent to an activating group) is 1. The number of hydrogen-bond acceptors (Lipinski definition) is 3. The van der Waals surface area contributed by atoms with Gasteiger partial charge in [-0.05, 0) is 25.9 Å². The fourth-order valence-corrected chi connectivity index (χ4v) is 2.48. The van der Waals surface area contributed by atoms with Gasteiger partial charge < -0.3 is 15.3 Å². The summed E-state index contributed by atoms with van der Waals surface area (Å²) in [6, 6.07) is 0. The summed E-state index contributed by atoms with van der Waals surface area (Å²) in [6.45, 7) is 9.46. The number of rotatable bonds is 7. The molecule has 1 saturated carbocycles. The maximum Gasteiger partial charge on any atom is 0.0771 e. The molecule has 1 fully saturated rings. The van der Waals surface area contributed by atoms with Crippen LogP contribution >= 0.6 is 0 Å². The lowest BCUT2D eigenvalue weighted by Gasteiger charge is -2.32. The minimum atomic E-state index is -0.415. The summed E-state index contributed by atoms with van der Waals surface area (Å²) < 4.78 is 0. The largest absolute Gasteiger partial charge is 0.389 e. The quantitative estimate of drug-likeness (QED) is 0.650. The highest BCUT2D eigenvalue weighted by molar-refractivity contribution is 4.84. The van der Waals surface area contributed by atoms with E-state index in [1.54, 1.807) is 0 Å². The molecule has 1 rings (SSSR count). The second-order valence-electron chi connectivity index (χ2n) is 4.99. The highest BCUT2D eigenvalue weighted by Crippen LogP contribution is 2.27. The zero-order chi connectivity index (χ0) is 11.9. The molecule has 0 radical (unpaired) electrons. The van der Waals surface area contributed by atoms with Gasteiger partial charge in [0.1, 0.15) is 0 Å². The van der Waals surface area contributed by atoms with Gasteiger partial charge in [-0.15, -0.1) is 0 Å². The molecule has 96 valence electrons. The first-order chi connectivity index (χ1) is 7.70. The second-order valence-corrected chi connectivity index (χ2v) is 4.99. The standard InChI is InChI=1S/C13H28N2O/c1-3-15(4-2)11-10-14-12-13(16)8-6-5-7-9-13/h14,16H,3-12H2,1-2H3. The van der Waals surface area contributed by atoms with E-state index >= 15 is 0 Å². The van der Waals surface area contributed by atoms with Crippen LogP contribution in [0.3, 0.4) is 0 Å². The van der Waals surface area contributed by atoms with Crippen LogP contribution in [0.1, 0.15) is 46.0 Å². The van der Waals surface area contributed by atoms with Crippen molar-refractivity contribution >= 4 is 0 Å². The Morgan fingerprint density at radius 1 is 1.12 bits per heavy atom. The van der Waals surface area contributed by atoms with Crippen LogP contribution in [-0.4, -0.2) is 48.3 Å². The third kappa shape index (κ3) is 4.81. The molecule has 0 saturated heterocycles. The van der Waals surface area contributed by atoms with Crippen molar-refractivity contribution in [2.75, 3.05) is 32.7 Å². The van der Waals surface area contributed by atoms with E-state index in [1.165, 1.54) is 19.3 Å². The van der Waals surface area contributed by atoms with Gasteiger partial charge in [0.15, 0.2) is 0 Å². The summed E-state index contributed by atoms with van der Waals surface area (Å²) in [6.07, 6.45) is 5.63. The van der Waals surface area contributed by atoms with Gasteiger partial charge in [0.2, 0.25) is 0 Å². The van der Waals surface area contributed by atoms with Gasteiger partial charge in [0.05, 0.1) is 5.60 Å². The number of nitrogens with zero attached hydrogens (tertiary/aromatic N) is 1. The van der Waals surface area contributed by atoms with Crippen LogP contribution < -0.4 is 5.32 Å². The van der Waals surface area contributed by atoms with Gasteiger partial charge in [-0.3, -0.25) is 0 Å².